The molecule has 2 atom stereocenters. The van der Waals surface area contributed by atoms with Gasteiger partial charge in [0.1, 0.15) is 0 Å². The van der Waals surface area contributed by atoms with Crippen molar-refractivity contribution in [3.63, 3.8) is 0 Å². The van der Waals surface area contributed by atoms with Gasteiger partial charge in [-0.1, -0.05) is 42.1 Å². The van der Waals surface area contributed by atoms with E-state index >= 15 is 0 Å². The summed E-state index contributed by atoms with van der Waals surface area (Å²) in [6.07, 6.45) is 2.24. The molecular formula is C18H24N4O3S2. The van der Waals surface area contributed by atoms with Gasteiger partial charge in [0.05, 0.1) is 28.6 Å². The van der Waals surface area contributed by atoms with Crippen molar-refractivity contribution >= 4 is 27.5 Å². The molecule has 7 nitrogen and oxygen atoms in total. The molecule has 0 radical (unpaired) electrons. The lowest BCUT2D eigenvalue weighted by atomic mass is 10.2. The molecule has 0 saturated carbocycles. The van der Waals surface area contributed by atoms with Crippen LogP contribution in [0.1, 0.15) is 20.3 Å². The highest BCUT2D eigenvalue weighted by atomic mass is 32.2. The number of imidazole rings is 1. The predicted octanol–water partition coefficient (Wildman–Crippen LogP) is 1.78. The second kappa shape index (κ2) is 7.93. The number of aromatic nitrogens is 2. The summed E-state index contributed by atoms with van der Waals surface area (Å²) in [5.41, 5.74) is 1.70. The first-order chi connectivity index (χ1) is 12.8. The topological polar surface area (TPSA) is 98.3 Å². The van der Waals surface area contributed by atoms with Gasteiger partial charge < -0.3 is 10.7 Å². The molecule has 2 unspecified atom stereocenters. The van der Waals surface area contributed by atoms with E-state index in [2.05, 4.69) is 4.98 Å². The average Bonchev–Trinajstić information content (AvgIpc) is 3.18. The summed E-state index contributed by atoms with van der Waals surface area (Å²) in [5, 5.41) is 0.131. The van der Waals surface area contributed by atoms with Gasteiger partial charge in [-0.2, -0.15) is 0 Å². The van der Waals surface area contributed by atoms with Gasteiger partial charge in [-0.15, -0.1) is 0 Å². The Balaban J connectivity index is 1.72. The summed E-state index contributed by atoms with van der Waals surface area (Å²) in [6, 6.07) is 9.45. The normalized spacial score (nSPS) is 19.7. The molecule has 1 fully saturated rings. The standard InChI is InChI=1S/C18H24N4O3S2/c1-3-21(15-9-10-27(24,25)12-15)17(23)13(2)26-18-20-16(11-22(18)19)14-7-5-4-6-8-14/h4-8,11,13,15H,3,9-10,12,19H2,1-2H3. The van der Waals surface area contributed by atoms with Crippen LogP contribution in [0, 0.1) is 0 Å². The smallest absolute Gasteiger partial charge is 0.236 e. The maximum Gasteiger partial charge on any atom is 0.236 e. The zero-order valence-electron chi connectivity index (χ0n) is 15.4. The molecule has 1 aliphatic heterocycles. The molecule has 1 amide bonds. The second-order valence-corrected chi connectivity index (χ2v) is 10.2. The largest absolute Gasteiger partial charge is 0.338 e. The van der Waals surface area contributed by atoms with E-state index in [1.807, 2.05) is 37.3 Å². The zero-order valence-corrected chi connectivity index (χ0v) is 17.0. The molecule has 0 spiro atoms. The third-order valence-electron chi connectivity index (χ3n) is 4.67. The third-order valence-corrected chi connectivity index (χ3v) is 7.49. The number of nitrogens with two attached hydrogens (primary N) is 1. The Morgan fingerprint density at radius 1 is 1.41 bits per heavy atom. The highest BCUT2D eigenvalue weighted by molar-refractivity contribution is 8.00. The fourth-order valence-electron chi connectivity index (χ4n) is 3.27. The lowest BCUT2D eigenvalue weighted by molar-refractivity contribution is -0.131. The molecule has 1 saturated heterocycles. The number of amides is 1. The van der Waals surface area contributed by atoms with Gasteiger partial charge in [0, 0.05) is 18.2 Å². The predicted molar refractivity (Wildman–Crippen MR) is 108 cm³/mol. The second-order valence-electron chi connectivity index (χ2n) is 6.62. The molecule has 2 heterocycles. The van der Waals surface area contributed by atoms with Crippen LogP contribution in [0.25, 0.3) is 11.3 Å². The Morgan fingerprint density at radius 3 is 2.70 bits per heavy atom. The molecule has 2 aromatic rings. The van der Waals surface area contributed by atoms with Gasteiger partial charge in [0.15, 0.2) is 15.0 Å². The van der Waals surface area contributed by atoms with E-state index in [1.165, 1.54) is 16.4 Å². The number of hydrogen-bond acceptors (Lipinski definition) is 6. The SMILES string of the molecule is CCN(C(=O)C(C)Sc1nc(-c2ccccc2)cn1N)C1CCS(=O)(=O)C1. The van der Waals surface area contributed by atoms with Gasteiger partial charge in [-0.25, -0.2) is 18.1 Å². The van der Waals surface area contributed by atoms with Crippen LogP contribution in [0.15, 0.2) is 41.7 Å². The summed E-state index contributed by atoms with van der Waals surface area (Å²) >= 11 is 1.28. The van der Waals surface area contributed by atoms with Crippen molar-refractivity contribution in [3.05, 3.63) is 36.5 Å². The Labute approximate surface area is 163 Å². The first-order valence-electron chi connectivity index (χ1n) is 8.88. The number of hydrogen-bond donors (Lipinski definition) is 1. The van der Waals surface area contributed by atoms with E-state index in [-0.39, 0.29) is 23.5 Å². The molecule has 146 valence electrons. The van der Waals surface area contributed by atoms with Gasteiger partial charge >= 0.3 is 0 Å². The maximum atomic E-state index is 12.9. The monoisotopic (exact) mass is 408 g/mol. The van der Waals surface area contributed by atoms with E-state index in [9.17, 15) is 13.2 Å². The molecule has 3 rings (SSSR count). The number of carbonyl (C=O) groups excluding carboxylic acids is 1. The van der Waals surface area contributed by atoms with Crippen molar-refractivity contribution in [2.45, 2.75) is 36.7 Å². The summed E-state index contributed by atoms with van der Waals surface area (Å²) in [7, 11) is -3.04. The third kappa shape index (κ3) is 4.47. The first kappa shape index (κ1) is 19.8. The molecule has 0 aliphatic carbocycles. The van der Waals surface area contributed by atoms with Crippen molar-refractivity contribution in [3.8, 4) is 11.3 Å². The zero-order chi connectivity index (χ0) is 19.6. The van der Waals surface area contributed by atoms with Crippen LogP contribution in [0.3, 0.4) is 0 Å². The molecule has 9 heteroatoms. The summed E-state index contributed by atoms with van der Waals surface area (Å²) in [6.45, 7) is 4.16. The Kier molecular flexibility index (Phi) is 5.81. The minimum absolute atomic E-state index is 0.0492. The molecule has 1 aliphatic rings. The molecule has 0 bridgehead atoms. The Hall–Kier alpha value is -2.00. The van der Waals surface area contributed by atoms with Crippen LogP contribution in [0.5, 0.6) is 0 Å². The minimum atomic E-state index is -3.04. The Morgan fingerprint density at radius 2 is 2.11 bits per heavy atom. The van der Waals surface area contributed by atoms with Crippen molar-refractivity contribution in [1.29, 1.82) is 0 Å². The van der Waals surface area contributed by atoms with E-state index < -0.39 is 15.1 Å². The average molecular weight is 409 g/mol. The van der Waals surface area contributed by atoms with Crippen LogP contribution >= 0.6 is 11.8 Å². The van der Waals surface area contributed by atoms with Crippen molar-refractivity contribution < 1.29 is 13.2 Å². The number of carbonyl (C=O) groups is 1. The summed E-state index contributed by atoms with van der Waals surface area (Å²) in [5.74, 6) is 6.13. The van der Waals surface area contributed by atoms with E-state index in [0.717, 1.165) is 11.3 Å². The van der Waals surface area contributed by atoms with Gasteiger partial charge in [0.25, 0.3) is 0 Å². The van der Waals surface area contributed by atoms with Gasteiger partial charge in [-0.05, 0) is 20.3 Å². The van der Waals surface area contributed by atoms with Crippen molar-refractivity contribution in [2.24, 2.45) is 0 Å². The number of nitrogen functional groups attached to an aromatic ring is 1. The van der Waals surface area contributed by atoms with Crippen LogP contribution in [-0.4, -0.2) is 58.2 Å². The summed E-state index contributed by atoms with van der Waals surface area (Å²) < 4.78 is 24.9. The molecule has 2 N–H and O–H groups in total. The quantitative estimate of drug-likeness (QED) is 0.578. The fraction of sp³-hybridized carbons (Fsp3) is 0.444. The molecular weight excluding hydrogens is 384 g/mol. The van der Waals surface area contributed by atoms with Gasteiger partial charge in [0.2, 0.25) is 5.91 Å². The molecule has 27 heavy (non-hydrogen) atoms. The summed E-state index contributed by atoms with van der Waals surface area (Å²) in [4.78, 5) is 19.1. The Bertz CT molecular complexity index is 912. The fourth-order valence-corrected chi connectivity index (χ4v) is 5.88. The van der Waals surface area contributed by atoms with Crippen LogP contribution < -0.4 is 5.84 Å². The van der Waals surface area contributed by atoms with E-state index in [1.54, 1.807) is 18.0 Å². The van der Waals surface area contributed by atoms with Crippen LogP contribution in [0.4, 0.5) is 0 Å². The number of nitrogens with zero attached hydrogens (tertiary/aromatic N) is 3. The first-order valence-corrected chi connectivity index (χ1v) is 11.6. The van der Waals surface area contributed by atoms with Crippen LogP contribution in [0.2, 0.25) is 0 Å². The highest BCUT2D eigenvalue weighted by Crippen LogP contribution is 2.28. The van der Waals surface area contributed by atoms with E-state index in [0.29, 0.717) is 18.1 Å². The highest BCUT2D eigenvalue weighted by Gasteiger charge is 2.35. The minimum Gasteiger partial charge on any atom is -0.338 e. The number of benzene rings is 1. The number of sulfone groups is 1. The van der Waals surface area contributed by atoms with Gasteiger partial charge in [-0.3, -0.25) is 4.79 Å². The lowest BCUT2D eigenvalue weighted by Crippen LogP contribution is -2.44. The van der Waals surface area contributed by atoms with Crippen molar-refractivity contribution in [1.82, 2.24) is 14.6 Å². The lowest BCUT2D eigenvalue weighted by Gasteiger charge is -2.29. The number of rotatable bonds is 6. The number of thioether (sulfide) groups is 1. The molecule has 1 aromatic carbocycles. The van der Waals surface area contributed by atoms with E-state index in [4.69, 9.17) is 5.84 Å². The maximum absolute atomic E-state index is 12.9. The molecule has 1 aromatic heterocycles. The van der Waals surface area contributed by atoms with Crippen molar-refractivity contribution in [2.75, 3.05) is 23.9 Å². The van der Waals surface area contributed by atoms with Crippen LogP contribution in [-0.2, 0) is 14.6 Å².